The number of hydrogen-bond donors (Lipinski definition) is 4. The molecule has 0 saturated carbocycles. The SMILES string of the molecule is COc1cc2nc(C)[nH]c2cc1OC.COc1cc2nc(C)[nH]c2cc1OC.Cc1nc2ccc(CN3CCCCC3)cc2[nH]1.Cc1nc2ccc(CN3CCCCC3)cc2[nH]1. The summed E-state index contributed by atoms with van der Waals surface area (Å²) < 4.78 is 20.7. The molecular weight excluding hydrogens is 781 g/mol. The summed E-state index contributed by atoms with van der Waals surface area (Å²) >= 11 is 0. The second kappa shape index (κ2) is 20.6. The normalized spacial score (nSPS) is 14.5. The molecule has 0 bridgehead atoms. The topological polar surface area (TPSA) is 158 Å². The molecule has 0 radical (unpaired) electrons. The number of methoxy groups -OCH3 is 4. The number of likely N-dealkylation sites (tertiary alicyclic amines) is 2. The van der Waals surface area contributed by atoms with E-state index in [4.69, 9.17) is 18.9 Å². The van der Waals surface area contributed by atoms with E-state index in [1.807, 2.05) is 52.0 Å². The van der Waals surface area contributed by atoms with E-state index < -0.39 is 0 Å². The second-order valence-corrected chi connectivity index (χ2v) is 16.1. The van der Waals surface area contributed by atoms with E-state index in [2.05, 4.69) is 86.1 Å². The van der Waals surface area contributed by atoms with E-state index in [9.17, 15) is 0 Å². The Morgan fingerprint density at radius 1 is 0.403 bits per heavy atom. The minimum Gasteiger partial charge on any atom is -0.493 e. The standard InChI is InChI=1S/2C14H19N3.2C10H12N2O2/c2*1-11-15-13-6-5-12(9-14(13)16-11)10-17-7-3-2-4-8-17;2*1-6-11-7-4-9(13-2)10(14-3)5-8(7)12-6/h2*5-6,9H,2-4,7-8,10H2,1H3,(H,15,16);2*4-5H,1-3H3,(H,11,12). The molecule has 0 spiro atoms. The number of aromatic amines is 4. The highest BCUT2D eigenvalue weighted by molar-refractivity contribution is 5.81. The van der Waals surface area contributed by atoms with Crippen LogP contribution in [0, 0.1) is 27.7 Å². The minimum atomic E-state index is 0.700. The Morgan fingerprint density at radius 3 is 1.05 bits per heavy atom. The summed E-state index contributed by atoms with van der Waals surface area (Å²) in [4.78, 5) is 35.5. The highest BCUT2D eigenvalue weighted by atomic mass is 16.5. The highest BCUT2D eigenvalue weighted by Crippen LogP contribution is 2.32. The van der Waals surface area contributed by atoms with Gasteiger partial charge in [-0.15, -0.1) is 0 Å². The van der Waals surface area contributed by atoms with Gasteiger partial charge in [0.05, 0.1) is 72.6 Å². The van der Waals surface area contributed by atoms with Crippen molar-refractivity contribution in [2.24, 2.45) is 0 Å². The molecule has 4 N–H and O–H groups in total. The maximum absolute atomic E-state index is 5.18. The summed E-state index contributed by atoms with van der Waals surface area (Å²) in [6, 6.07) is 20.6. The van der Waals surface area contributed by atoms with Crippen molar-refractivity contribution in [1.82, 2.24) is 49.7 Å². The molecule has 2 aliphatic rings. The van der Waals surface area contributed by atoms with Crippen LogP contribution < -0.4 is 18.9 Å². The van der Waals surface area contributed by atoms with E-state index in [0.29, 0.717) is 23.0 Å². The first-order valence-corrected chi connectivity index (χ1v) is 21.6. The largest absolute Gasteiger partial charge is 0.493 e. The van der Waals surface area contributed by atoms with E-state index >= 15 is 0 Å². The molecule has 14 heteroatoms. The number of nitrogens with zero attached hydrogens (tertiary/aromatic N) is 6. The highest BCUT2D eigenvalue weighted by Gasteiger charge is 2.13. The van der Waals surface area contributed by atoms with Gasteiger partial charge >= 0.3 is 0 Å². The van der Waals surface area contributed by atoms with E-state index in [1.54, 1.807) is 28.4 Å². The zero-order chi connectivity index (χ0) is 43.6. The third-order valence-electron chi connectivity index (χ3n) is 11.3. The van der Waals surface area contributed by atoms with Crippen molar-refractivity contribution in [2.75, 3.05) is 54.6 Å². The minimum absolute atomic E-state index is 0.700. The molecule has 6 heterocycles. The van der Waals surface area contributed by atoms with Crippen LogP contribution in [0.4, 0.5) is 0 Å². The summed E-state index contributed by atoms with van der Waals surface area (Å²) in [6.07, 6.45) is 8.21. The molecule has 2 saturated heterocycles. The number of ether oxygens (including phenoxy) is 4. The fourth-order valence-corrected chi connectivity index (χ4v) is 8.25. The van der Waals surface area contributed by atoms with Gasteiger partial charge in [0.1, 0.15) is 23.3 Å². The number of aromatic nitrogens is 8. The molecule has 14 nitrogen and oxygen atoms in total. The molecular formula is C48H62N10O4. The molecule has 0 atom stereocenters. The average Bonchev–Trinajstić information content (AvgIpc) is 4.05. The summed E-state index contributed by atoms with van der Waals surface area (Å²) in [5.41, 5.74) is 11.0. The van der Waals surface area contributed by atoms with Crippen molar-refractivity contribution in [3.63, 3.8) is 0 Å². The van der Waals surface area contributed by atoms with Gasteiger partial charge < -0.3 is 38.9 Å². The first-order valence-electron chi connectivity index (χ1n) is 21.6. The Balaban J connectivity index is 0.000000125. The summed E-state index contributed by atoms with van der Waals surface area (Å²) in [5.74, 6) is 6.58. The maximum atomic E-state index is 5.18. The molecule has 62 heavy (non-hydrogen) atoms. The first-order chi connectivity index (χ1) is 30.1. The van der Waals surface area contributed by atoms with E-state index in [1.165, 1.54) is 75.8 Å². The molecule has 8 aromatic rings. The molecule has 328 valence electrons. The van der Waals surface area contributed by atoms with Gasteiger partial charge in [-0.05, 0) is 115 Å². The second-order valence-electron chi connectivity index (χ2n) is 16.1. The molecule has 0 unspecified atom stereocenters. The molecule has 0 aliphatic carbocycles. The van der Waals surface area contributed by atoms with Crippen LogP contribution in [0.15, 0.2) is 60.7 Å². The van der Waals surface area contributed by atoms with Gasteiger partial charge in [0, 0.05) is 37.4 Å². The van der Waals surface area contributed by atoms with Crippen molar-refractivity contribution >= 4 is 44.1 Å². The Bertz CT molecular complexity index is 2420. The van der Waals surface area contributed by atoms with Crippen LogP contribution in [0.5, 0.6) is 23.0 Å². The van der Waals surface area contributed by atoms with Crippen LogP contribution in [0.3, 0.4) is 0 Å². The number of H-pyrrole nitrogens is 4. The third-order valence-corrected chi connectivity index (χ3v) is 11.3. The summed E-state index contributed by atoms with van der Waals surface area (Å²) in [7, 11) is 6.46. The first kappa shape index (κ1) is 44.0. The molecule has 2 aliphatic heterocycles. The fourth-order valence-electron chi connectivity index (χ4n) is 8.25. The number of rotatable bonds is 8. The lowest BCUT2D eigenvalue weighted by Gasteiger charge is -2.26. The Hall–Kier alpha value is -6.12. The smallest absolute Gasteiger partial charge is 0.163 e. The lowest BCUT2D eigenvalue weighted by molar-refractivity contribution is 0.221. The van der Waals surface area contributed by atoms with Gasteiger partial charge in [-0.25, -0.2) is 19.9 Å². The van der Waals surface area contributed by atoms with Crippen molar-refractivity contribution in [1.29, 1.82) is 0 Å². The number of imidazole rings is 4. The van der Waals surface area contributed by atoms with Crippen LogP contribution >= 0.6 is 0 Å². The number of hydrogen-bond acceptors (Lipinski definition) is 10. The van der Waals surface area contributed by atoms with Crippen molar-refractivity contribution in [3.05, 3.63) is 95.1 Å². The van der Waals surface area contributed by atoms with Gasteiger partial charge in [-0.3, -0.25) is 9.80 Å². The zero-order valence-electron chi connectivity index (χ0n) is 37.6. The number of piperidine rings is 2. The van der Waals surface area contributed by atoms with E-state index in [-0.39, 0.29) is 0 Å². The summed E-state index contributed by atoms with van der Waals surface area (Å²) in [6.45, 7) is 15.0. The Kier molecular flexibility index (Phi) is 14.6. The lowest BCUT2D eigenvalue weighted by atomic mass is 10.1. The third kappa shape index (κ3) is 11.2. The Labute approximate surface area is 363 Å². The number of aryl methyl sites for hydroxylation is 4. The predicted molar refractivity (Wildman–Crippen MR) is 248 cm³/mol. The number of benzene rings is 4. The van der Waals surface area contributed by atoms with Gasteiger partial charge in [-0.1, -0.05) is 25.0 Å². The average molecular weight is 843 g/mol. The molecule has 0 amide bonds. The Morgan fingerprint density at radius 2 is 0.710 bits per heavy atom. The van der Waals surface area contributed by atoms with Crippen LogP contribution in [-0.2, 0) is 13.1 Å². The van der Waals surface area contributed by atoms with Crippen LogP contribution in [0.25, 0.3) is 44.1 Å². The summed E-state index contributed by atoms with van der Waals surface area (Å²) in [5, 5.41) is 0. The van der Waals surface area contributed by atoms with Gasteiger partial charge in [-0.2, -0.15) is 0 Å². The van der Waals surface area contributed by atoms with Gasteiger partial charge in [0.2, 0.25) is 0 Å². The van der Waals surface area contributed by atoms with Crippen LogP contribution in [-0.4, -0.2) is 104 Å². The van der Waals surface area contributed by atoms with Gasteiger partial charge in [0.25, 0.3) is 0 Å². The zero-order valence-corrected chi connectivity index (χ0v) is 37.6. The van der Waals surface area contributed by atoms with E-state index in [0.717, 1.165) is 80.5 Å². The fraction of sp³-hybridized carbons (Fsp3) is 0.417. The maximum Gasteiger partial charge on any atom is 0.163 e. The van der Waals surface area contributed by atoms with Crippen molar-refractivity contribution in [2.45, 2.75) is 79.3 Å². The predicted octanol–water partition coefficient (Wildman–Crippen LogP) is 9.49. The number of fused-ring (bicyclic) bond motifs is 4. The monoisotopic (exact) mass is 842 g/mol. The molecule has 4 aromatic carbocycles. The van der Waals surface area contributed by atoms with Crippen LogP contribution in [0.2, 0.25) is 0 Å². The van der Waals surface area contributed by atoms with Crippen molar-refractivity contribution < 1.29 is 18.9 Å². The lowest BCUT2D eigenvalue weighted by Crippen LogP contribution is -2.29. The molecule has 4 aromatic heterocycles. The van der Waals surface area contributed by atoms with Crippen molar-refractivity contribution in [3.8, 4) is 23.0 Å². The number of nitrogens with one attached hydrogen (secondary N) is 4. The molecule has 2 fully saturated rings. The molecule has 10 rings (SSSR count). The quantitative estimate of drug-likeness (QED) is 0.116. The van der Waals surface area contributed by atoms with Gasteiger partial charge in [0.15, 0.2) is 23.0 Å². The van der Waals surface area contributed by atoms with Crippen LogP contribution in [0.1, 0.15) is 72.9 Å².